The molecule has 88 heavy (non-hydrogen) atoms. The molecule has 5 aliphatic rings. The summed E-state index contributed by atoms with van der Waals surface area (Å²) in [5, 5.41) is 2.53. The summed E-state index contributed by atoms with van der Waals surface area (Å²) < 4.78 is 0. The van der Waals surface area contributed by atoms with E-state index in [-0.39, 0.29) is 33.9 Å². The van der Waals surface area contributed by atoms with Crippen LogP contribution in [-0.2, 0) is 27.1 Å². The first kappa shape index (κ1) is 54.5. The highest BCUT2D eigenvalue weighted by Crippen LogP contribution is 2.60. The van der Waals surface area contributed by atoms with Crippen molar-refractivity contribution in [3.63, 3.8) is 0 Å². The Morgan fingerprint density at radius 2 is 0.920 bits per heavy atom. The Kier molecular flexibility index (Phi) is 12.0. The van der Waals surface area contributed by atoms with Crippen LogP contribution in [0.1, 0.15) is 134 Å². The van der Waals surface area contributed by atoms with E-state index in [1.165, 1.54) is 134 Å². The van der Waals surface area contributed by atoms with Crippen molar-refractivity contribution < 1.29 is 0 Å². The standard InChI is InChI=1S/C84H78BN3/c1-53-46-69-71(83(8,9)45-44-81(69,4)5)52-74(53)87-73-41-37-61(86(59-31-22-29-56(47-59)54-24-14-12-15-25-54)60-32-23-30-57(48-60)55-26-16-13-17-27-55)51-72(73)85-78-75(87)49-58-28-18-19-33-63(58)76(78)65-38-40-68-77(64-34-20-21-35-66(64)84(68,10)11)79(65)88(85)62-36-39-67-70(50-62)82(6,7)43-42-80(67,2)3/h12-41,46-52H,42-45H2,1-11H3. The van der Waals surface area contributed by atoms with Crippen LogP contribution < -0.4 is 25.5 Å². The summed E-state index contributed by atoms with van der Waals surface area (Å²) in [6.07, 6.45) is 4.60. The van der Waals surface area contributed by atoms with E-state index in [0.29, 0.717) is 0 Å². The van der Waals surface area contributed by atoms with Gasteiger partial charge in [-0.25, -0.2) is 0 Å². The van der Waals surface area contributed by atoms with Gasteiger partial charge in [-0.1, -0.05) is 227 Å². The molecule has 0 amide bonds. The zero-order valence-corrected chi connectivity index (χ0v) is 53.1. The lowest BCUT2D eigenvalue weighted by Gasteiger charge is -2.48. The van der Waals surface area contributed by atoms with Gasteiger partial charge in [0.2, 0.25) is 0 Å². The predicted octanol–water partition coefficient (Wildman–Crippen LogP) is 21.7. The van der Waals surface area contributed by atoms with Crippen molar-refractivity contribution in [3.05, 3.63) is 263 Å². The molecule has 432 valence electrons. The van der Waals surface area contributed by atoms with Gasteiger partial charge in [0.1, 0.15) is 0 Å². The first-order valence-corrected chi connectivity index (χ1v) is 32.3. The third-order valence-corrected chi connectivity index (χ3v) is 21.8. The van der Waals surface area contributed by atoms with Gasteiger partial charge in [-0.3, -0.25) is 0 Å². The summed E-state index contributed by atoms with van der Waals surface area (Å²) in [4.78, 5) is 8.08. The number of fused-ring (bicyclic) bond motifs is 12. The van der Waals surface area contributed by atoms with Gasteiger partial charge in [-0.15, -0.1) is 0 Å². The van der Waals surface area contributed by atoms with Crippen LogP contribution in [0.3, 0.4) is 0 Å². The zero-order valence-electron chi connectivity index (χ0n) is 53.1. The van der Waals surface area contributed by atoms with Crippen LogP contribution in [0.5, 0.6) is 0 Å². The largest absolute Gasteiger partial charge is 0.376 e. The maximum Gasteiger partial charge on any atom is 0.333 e. The van der Waals surface area contributed by atoms with E-state index in [4.69, 9.17) is 0 Å². The van der Waals surface area contributed by atoms with Crippen LogP contribution in [-0.4, -0.2) is 6.85 Å². The summed E-state index contributed by atoms with van der Waals surface area (Å²) in [7, 11) is 0. The first-order chi connectivity index (χ1) is 42.3. The molecule has 0 atom stereocenters. The number of hydrogen-bond donors (Lipinski definition) is 0. The average Bonchev–Trinajstić information content (AvgIpc) is 1.11. The molecule has 16 rings (SSSR count). The fraction of sp³-hybridized carbons (Fsp3) is 0.238. The normalized spacial score (nSPS) is 17.2. The zero-order chi connectivity index (χ0) is 60.4. The third-order valence-electron chi connectivity index (χ3n) is 21.8. The number of rotatable bonds is 7. The SMILES string of the molecule is Cc1cc2c(cc1N1c3ccc(N(c4cccc(-c5ccccc5)c4)c4cccc(-c5ccccc5)c4)cc3B3c4c1cc1ccccc1c4-c1ccc4c(c1N3c1ccc3c(c1)C(C)(C)CCC3(C)C)-c1ccccc1C4(C)C)C(C)(C)CCC2(C)C. The van der Waals surface area contributed by atoms with Crippen molar-refractivity contribution >= 4 is 74.0 Å². The molecule has 11 aromatic carbocycles. The molecule has 0 spiro atoms. The Balaban J connectivity index is 1.05. The quantitative estimate of drug-likeness (QED) is 0.147. The molecule has 0 radical (unpaired) electrons. The van der Waals surface area contributed by atoms with Crippen LogP contribution in [0.4, 0.5) is 45.5 Å². The molecule has 0 saturated heterocycles. The van der Waals surface area contributed by atoms with Crippen LogP contribution in [0.25, 0.3) is 55.3 Å². The smallest absolute Gasteiger partial charge is 0.333 e. The van der Waals surface area contributed by atoms with E-state index in [1.54, 1.807) is 0 Å². The molecule has 3 nitrogen and oxygen atoms in total. The van der Waals surface area contributed by atoms with Gasteiger partial charge in [0, 0.05) is 62.0 Å². The lowest BCUT2D eigenvalue weighted by atomic mass is 9.43. The maximum absolute atomic E-state index is 2.85. The minimum atomic E-state index is -0.255. The van der Waals surface area contributed by atoms with Crippen molar-refractivity contribution in [3.8, 4) is 44.5 Å². The number of nitrogens with zero attached hydrogens (tertiary/aromatic N) is 3. The number of hydrogen-bond acceptors (Lipinski definition) is 3. The van der Waals surface area contributed by atoms with Gasteiger partial charge < -0.3 is 14.6 Å². The molecule has 0 fully saturated rings. The lowest BCUT2D eigenvalue weighted by Crippen LogP contribution is -2.62. The van der Waals surface area contributed by atoms with Crippen molar-refractivity contribution in [2.45, 2.75) is 129 Å². The molecule has 0 saturated carbocycles. The summed E-state index contributed by atoms with van der Waals surface area (Å²) in [6, 6.07) is 86.6. The van der Waals surface area contributed by atoms with Crippen LogP contribution >= 0.6 is 0 Å². The van der Waals surface area contributed by atoms with E-state index in [9.17, 15) is 0 Å². The second kappa shape index (κ2) is 19.3. The van der Waals surface area contributed by atoms with E-state index in [0.717, 1.165) is 42.7 Å². The van der Waals surface area contributed by atoms with Gasteiger partial charge >= 0.3 is 6.85 Å². The molecular weight excluding hydrogens is 1060 g/mol. The van der Waals surface area contributed by atoms with Crippen LogP contribution in [0.15, 0.2) is 224 Å². The Labute approximate surface area is 522 Å². The second-order valence-corrected chi connectivity index (χ2v) is 29.4. The van der Waals surface area contributed by atoms with Gasteiger partial charge in [0.05, 0.1) is 0 Å². The van der Waals surface area contributed by atoms with Gasteiger partial charge in [0.25, 0.3) is 0 Å². The van der Waals surface area contributed by atoms with Gasteiger partial charge in [0.15, 0.2) is 0 Å². The van der Waals surface area contributed by atoms with Crippen LogP contribution in [0, 0.1) is 6.92 Å². The summed E-state index contributed by atoms with van der Waals surface area (Å²) in [5.41, 5.74) is 32.0. The molecule has 0 unspecified atom stereocenters. The van der Waals surface area contributed by atoms with E-state index < -0.39 is 0 Å². The highest BCUT2D eigenvalue weighted by molar-refractivity contribution is 6.94. The summed E-state index contributed by atoms with van der Waals surface area (Å²) >= 11 is 0. The molecule has 0 aromatic heterocycles. The second-order valence-electron chi connectivity index (χ2n) is 29.4. The molecule has 0 N–H and O–H groups in total. The van der Waals surface area contributed by atoms with Crippen molar-refractivity contribution in [1.82, 2.24) is 0 Å². The Morgan fingerprint density at radius 1 is 0.375 bits per heavy atom. The minimum absolute atomic E-state index is 0.000817. The Bertz CT molecular complexity index is 4610. The number of anilines is 8. The highest BCUT2D eigenvalue weighted by atomic mass is 15.2. The average molecular weight is 1140 g/mol. The van der Waals surface area contributed by atoms with Gasteiger partial charge in [-0.05, 0) is 215 Å². The first-order valence-electron chi connectivity index (χ1n) is 32.3. The molecule has 2 aliphatic heterocycles. The minimum Gasteiger partial charge on any atom is -0.376 e. The monoisotopic (exact) mass is 1140 g/mol. The number of aryl methyl sites for hydroxylation is 1. The van der Waals surface area contributed by atoms with Gasteiger partial charge in [-0.2, -0.15) is 0 Å². The molecule has 11 aromatic rings. The summed E-state index contributed by atoms with van der Waals surface area (Å²) in [6.45, 7) is 26.8. The fourth-order valence-electron chi connectivity index (χ4n) is 16.7. The number of benzene rings is 11. The molecule has 0 bridgehead atoms. The Hall–Kier alpha value is -8.86. The van der Waals surface area contributed by atoms with E-state index in [2.05, 4.69) is 315 Å². The van der Waals surface area contributed by atoms with Crippen molar-refractivity contribution in [2.75, 3.05) is 14.6 Å². The van der Waals surface area contributed by atoms with Crippen LogP contribution in [0.2, 0.25) is 0 Å². The molecule has 4 heteroatoms. The van der Waals surface area contributed by atoms with Crippen molar-refractivity contribution in [2.24, 2.45) is 0 Å². The van der Waals surface area contributed by atoms with E-state index in [1.807, 2.05) is 0 Å². The lowest BCUT2D eigenvalue weighted by molar-refractivity contribution is 0.332. The third kappa shape index (κ3) is 8.16. The molecular formula is C84H78BN3. The van der Waals surface area contributed by atoms with E-state index >= 15 is 0 Å². The molecule has 3 aliphatic carbocycles. The Morgan fingerprint density at radius 3 is 1.58 bits per heavy atom. The topological polar surface area (TPSA) is 9.72 Å². The maximum atomic E-state index is 2.85. The predicted molar refractivity (Wildman–Crippen MR) is 376 cm³/mol. The molecule has 2 heterocycles. The van der Waals surface area contributed by atoms with Crippen molar-refractivity contribution in [1.29, 1.82) is 0 Å². The highest BCUT2D eigenvalue weighted by Gasteiger charge is 2.51. The fourth-order valence-corrected chi connectivity index (χ4v) is 16.7. The summed E-state index contributed by atoms with van der Waals surface area (Å²) in [5.74, 6) is 0.